The Bertz CT molecular complexity index is 775. The van der Waals surface area contributed by atoms with Crippen LogP contribution in [0.3, 0.4) is 0 Å². The minimum atomic E-state index is -0.278. The molecule has 0 atom stereocenters. The lowest BCUT2D eigenvalue weighted by Crippen LogP contribution is -2.11. The highest BCUT2D eigenvalue weighted by Gasteiger charge is 2.06. The number of pyridine rings is 1. The molecule has 0 bridgehead atoms. The van der Waals surface area contributed by atoms with Crippen molar-refractivity contribution in [3.8, 4) is 6.01 Å². The van der Waals surface area contributed by atoms with E-state index in [0.717, 1.165) is 12.0 Å². The van der Waals surface area contributed by atoms with Crippen molar-refractivity contribution in [2.24, 2.45) is 4.99 Å². The number of nitrogens with one attached hydrogen (secondary N) is 1. The summed E-state index contributed by atoms with van der Waals surface area (Å²) < 4.78 is 5.57. The van der Waals surface area contributed by atoms with Gasteiger partial charge in [-0.15, -0.1) is 0 Å². The van der Waals surface area contributed by atoms with Crippen LogP contribution in [0, 0.1) is 0 Å². The van der Waals surface area contributed by atoms with E-state index in [2.05, 4.69) is 26.5 Å². The molecule has 6 nitrogen and oxygen atoms in total. The van der Waals surface area contributed by atoms with Crippen molar-refractivity contribution in [3.63, 3.8) is 0 Å². The molecule has 0 aliphatic rings. The van der Waals surface area contributed by atoms with E-state index >= 15 is 0 Å². The summed E-state index contributed by atoms with van der Waals surface area (Å²) in [7, 11) is 1.63. The molecule has 1 N–H and O–H groups in total. The van der Waals surface area contributed by atoms with Crippen LogP contribution in [-0.4, -0.2) is 28.2 Å². The molecule has 0 amide bonds. The Labute approximate surface area is 121 Å². The molecule has 2 heterocycles. The van der Waals surface area contributed by atoms with Crippen LogP contribution in [0.25, 0.3) is 10.9 Å². The Morgan fingerprint density at radius 2 is 2.38 bits per heavy atom. The second-order valence-corrected chi connectivity index (χ2v) is 4.31. The maximum Gasteiger partial charge on any atom is 0.302 e. The smallest absolute Gasteiger partial charge is 0.302 e. The quantitative estimate of drug-likeness (QED) is 0.519. The van der Waals surface area contributed by atoms with Gasteiger partial charge in [-0.25, -0.2) is 0 Å². The van der Waals surface area contributed by atoms with E-state index in [1.54, 1.807) is 25.4 Å². The van der Waals surface area contributed by atoms with Crippen molar-refractivity contribution in [1.82, 2.24) is 15.0 Å². The molecule has 0 fully saturated rings. The molecule has 2 aromatic heterocycles. The van der Waals surface area contributed by atoms with Gasteiger partial charge in [0.15, 0.2) is 0 Å². The molecular weight excluding hydrogens is 268 g/mol. The average Bonchev–Trinajstić information content (AvgIpc) is 2.47. The number of aromatic nitrogens is 3. The fraction of sp³-hybridized carbons (Fsp3) is 0.200. The molecule has 2 aromatic rings. The van der Waals surface area contributed by atoms with E-state index in [0.29, 0.717) is 16.7 Å². The standard InChI is InChI=1S/C15H16N4O2/c1-4-10(2)7-11(8-16-3)21-15-18-13-9-17-6-5-12(13)14(20)19-15/h5-9H,2,4H2,1,3H3,(H,18,19,20)/b11-7+,16-8?. The summed E-state index contributed by atoms with van der Waals surface area (Å²) in [5.74, 6) is 0.454. The number of H-pyrrole nitrogens is 1. The van der Waals surface area contributed by atoms with Crippen LogP contribution >= 0.6 is 0 Å². The Balaban J connectivity index is 2.39. The van der Waals surface area contributed by atoms with Gasteiger partial charge >= 0.3 is 6.01 Å². The van der Waals surface area contributed by atoms with Gasteiger partial charge in [0, 0.05) is 13.2 Å². The summed E-state index contributed by atoms with van der Waals surface area (Å²) in [6.45, 7) is 5.87. The zero-order valence-electron chi connectivity index (χ0n) is 12.0. The first-order valence-corrected chi connectivity index (χ1v) is 6.47. The summed E-state index contributed by atoms with van der Waals surface area (Å²) in [6.07, 6.45) is 7.13. The largest absolute Gasteiger partial charge is 0.424 e. The summed E-state index contributed by atoms with van der Waals surface area (Å²) in [6, 6.07) is 1.70. The number of hydrogen-bond donors (Lipinski definition) is 1. The highest BCUT2D eigenvalue weighted by Crippen LogP contribution is 2.11. The fourth-order valence-corrected chi connectivity index (χ4v) is 1.65. The van der Waals surface area contributed by atoms with Crippen LogP contribution in [-0.2, 0) is 0 Å². The van der Waals surface area contributed by atoms with Gasteiger partial charge in [-0.05, 0) is 18.6 Å². The molecule has 6 heteroatoms. The summed E-state index contributed by atoms with van der Waals surface area (Å²) in [5.41, 5.74) is 1.08. The predicted molar refractivity (Wildman–Crippen MR) is 82.7 cm³/mol. The normalized spacial score (nSPS) is 12.0. The Kier molecular flexibility index (Phi) is 4.61. The summed E-state index contributed by atoms with van der Waals surface area (Å²) in [5, 5.41) is 0.463. The number of aliphatic imine (C=N–C) groups is 1. The molecule has 21 heavy (non-hydrogen) atoms. The van der Waals surface area contributed by atoms with Crippen molar-refractivity contribution >= 4 is 17.1 Å². The molecule has 0 saturated heterocycles. The first kappa shape index (κ1) is 14.6. The minimum Gasteiger partial charge on any atom is -0.424 e. The number of ether oxygens (including phenoxy) is 1. The molecule has 0 saturated carbocycles. The second-order valence-electron chi connectivity index (χ2n) is 4.31. The molecule has 0 aromatic carbocycles. The SMILES string of the molecule is C=C(/C=C(\C=NC)Oc1nc2cnccc2c(=O)[nH]1)CC. The van der Waals surface area contributed by atoms with Gasteiger partial charge in [-0.2, -0.15) is 4.98 Å². The Morgan fingerprint density at radius 3 is 3.10 bits per heavy atom. The van der Waals surface area contributed by atoms with Crippen molar-refractivity contribution in [3.05, 3.63) is 52.8 Å². The van der Waals surface area contributed by atoms with Gasteiger partial charge in [0.1, 0.15) is 5.76 Å². The summed E-state index contributed by atoms with van der Waals surface area (Å²) >= 11 is 0. The molecule has 0 aliphatic carbocycles. The van der Waals surface area contributed by atoms with Crippen LogP contribution in [0.15, 0.2) is 52.2 Å². The third-order valence-electron chi connectivity index (χ3n) is 2.76. The maximum absolute atomic E-state index is 11.9. The molecule has 0 radical (unpaired) electrons. The molecule has 0 unspecified atom stereocenters. The predicted octanol–water partition coefficient (Wildman–Crippen LogP) is 2.25. The van der Waals surface area contributed by atoms with Crippen molar-refractivity contribution < 1.29 is 4.74 Å². The van der Waals surface area contributed by atoms with Crippen molar-refractivity contribution in [2.45, 2.75) is 13.3 Å². The number of fused-ring (bicyclic) bond motifs is 1. The van der Waals surface area contributed by atoms with Crippen LogP contribution < -0.4 is 10.3 Å². The third-order valence-corrected chi connectivity index (χ3v) is 2.76. The van der Waals surface area contributed by atoms with Gasteiger partial charge < -0.3 is 4.74 Å². The van der Waals surface area contributed by atoms with Crippen LogP contribution in [0.1, 0.15) is 13.3 Å². The lowest BCUT2D eigenvalue weighted by molar-refractivity contribution is 0.419. The zero-order valence-corrected chi connectivity index (χ0v) is 12.0. The zero-order chi connectivity index (χ0) is 15.2. The van der Waals surface area contributed by atoms with E-state index in [1.165, 1.54) is 12.4 Å². The topological polar surface area (TPSA) is 80.2 Å². The number of nitrogens with zero attached hydrogens (tertiary/aromatic N) is 3. The molecular formula is C15H16N4O2. The van der Waals surface area contributed by atoms with Gasteiger partial charge in [-0.3, -0.25) is 19.8 Å². The van der Waals surface area contributed by atoms with Gasteiger partial charge in [-0.1, -0.05) is 19.1 Å². The lowest BCUT2D eigenvalue weighted by Gasteiger charge is -2.06. The Morgan fingerprint density at radius 1 is 1.57 bits per heavy atom. The first-order chi connectivity index (χ1) is 10.1. The van der Waals surface area contributed by atoms with Crippen LogP contribution in [0.2, 0.25) is 0 Å². The van der Waals surface area contributed by atoms with E-state index < -0.39 is 0 Å². The first-order valence-electron chi connectivity index (χ1n) is 6.47. The number of aromatic amines is 1. The number of rotatable bonds is 5. The van der Waals surface area contributed by atoms with Gasteiger partial charge in [0.2, 0.25) is 0 Å². The Hall–Kier alpha value is -2.76. The van der Waals surface area contributed by atoms with Gasteiger partial charge in [0.05, 0.1) is 23.3 Å². The molecule has 108 valence electrons. The van der Waals surface area contributed by atoms with E-state index in [-0.39, 0.29) is 11.6 Å². The minimum absolute atomic E-state index is 0.0931. The molecule has 0 aliphatic heterocycles. The number of allylic oxidation sites excluding steroid dienone is 3. The fourth-order valence-electron chi connectivity index (χ4n) is 1.65. The third kappa shape index (κ3) is 3.62. The molecule has 2 rings (SSSR count). The van der Waals surface area contributed by atoms with Gasteiger partial charge in [0.25, 0.3) is 5.56 Å². The monoisotopic (exact) mass is 284 g/mol. The van der Waals surface area contributed by atoms with Crippen LogP contribution in [0.4, 0.5) is 0 Å². The number of hydrogen-bond acceptors (Lipinski definition) is 5. The van der Waals surface area contributed by atoms with E-state index in [1.807, 2.05) is 6.92 Å². The summed E-state index contributed by atoms with van der Waals surface area (Å²) in [4.78, 5) is 26.6. The van der Waals surface area contributed by atoms with E-state index in [4.69, 9.17) is 4.74 Å². The highest BCUT2D eigenvalue weighted by molar-refractivity contribution is 5.78. The van der Waals surface area contributed by atoms with Crippen LogP contribution in [0.5, 0.6) is 6.01 Å². The lowest BCUT2D eigenvalue weighted by atomic mass is 10.2. The van der Waals surface area contributed by atoms with Crippen molar-refractivity contribution in [1.29, 1.82) is 0 Å². The average molecular weight is 284 g/mol. The second kappa shape index (κ2) is 6.60. The van der Waals surface area contributed by atoms with E-state index in [9.17, 15) is 4.79 Å². The van der Waals surface area contributed by atoms with Crippen molar-refractivity contribution in [2.75, 3.05) is 7.05 Å². The maximum atomic E-state index is 11.9. The molecule has 0 spiro atoms. The highest BCUT2D eigenvalue weighted by atomic mass is 16.5.